The molecule has 158 valence electrons. The average molecular weight is 517 g/mol. The van der Waals surface area contributed by atoms with Crippen LogP contribution in [0.5, 0.6) is 5.75 Å². The smallest absolute Gasteiger partial charge is 0.191 e. The maximum atomic E-state index is 5.75. The fraction of sp³-hybridized carbons (Fsp3) is 0.304. The van der Waals surface area contributed by atoms with Crippen LogP contribution < -0.4 is 15.4 Å². The molecule has 1 aliphatic heterocycles. The summed E-state index contributed by atoms with van der Waals surface area (Å²) in [6.07, 6.45) is 5.68. The fourth-order valence-corrected chi connectivity index (χ4v) is 3.63. The lowest BCUT2D eigenvalue weighted by molar-refractivity contribution is 0.267. The van der Waals surface area contributed by atoms with Gasteiger partial charge in [0.2, 0.25) is 0 Å². The molecule has 4 rings (SSSR count). The Bertz CT molecular complexity index is 940. The molecule has 2 aromatic carbocycles. The van der Waals surface area contributed by atoms with E-state index >= 15 is 0 Å². The van der Waals surface area contributed by atoms with Crippen LogP contribution in [0.25, 0.3) is 5.69 Å². The monoisotopic (exact) mass is 517 g/mol. The molecule has 2 N–H and O–H groups in total. The number of aromatic nitrogens is 2. The Hall–Kier alpha value is -2.55. The number of nitrogens with zero attached hydrogens (tertiary/aromatic N) is 3. The third-order valence-electron chi connectivity index (χ3n) is 5.23. The summed E-state index contributed by atoms with van der Waals surface area (Å²) < 4.78 is 7.62. The Morgan fingerprint density at radius 3 is 2.73 bits per heavy atom. The van der Waals surface area contributed by atoms with Gasteiger partial charge in [0, 0.05) is 38.4 Å². The predicted octanol–water partition coefficient (Wildman–Crippen LogP) is 3.76. The van der Waals surface area contributed by atoms with Gasteiger partial charge in [0.1, 0.15) is 5.75 Å². The normalized spacial score (nSPS) is 15.5. The van der Waals surface area contributed by atoms with E-state index in [1.54, 1.807) is 6.20 Å². The largest absolute Gasteiger partial charge is 0.493 e. The number of nitrogens with one attached hydrogen (secondary N) is 2. The zero-order chi connectivity index (χ0) is 19.9. The molecular formula is C23H28IN5O. The van der Waals surface area contributed by atoms with Gasteiger partial charge in [0.15, 0.2) is 5.96 Å². The van der Waals surface area contributed by atoms with Crippen molar-refractivity contribution in [3.63, 3.8) is 0 Å². The standard InChI is InChI=1S/C23H27N5O.HI/c1-24-23(26-17-19-12-16-29-22-6-3-2-5-21(19)22)25-14-11-18-7-9-20(10-8-18)28-15-4-13-27-28;/h2-10,13,15,19H,11-12,14,16-17H2,1H3,(H2,24,25,26);1H. The molecule has 0 saturated carbocycles. The maximum absolute atomic E-state index is 5.75. The number of ether oxygens (including phenoxy) is 1. The van der Waals surface area contributed by atoms with Gasteiger partial charge in [-0.3, -0.25) is 4.99 Å². The van der Waals surface area contributed by atoms with Crippen molar-refractivity contribution in [2.24, 2.45) is 4.99 Å². The van der Waals surface area contributed by atoms with E-state index in [-0.39, 0.29) is 24.0 Å². The summed E-state index contributed by atoms with van der Waals surface area (Å²) in [5, 5.41) is 11.1. The van der Waals surface area contributed by atoms with Crippen molar-refractivity contribution in [1.29, 1.82) is 0 Å². The third-order valence-corrected chi connectivity index (χ3v) is 5.23. The van der Waals surface area contributed by atoms with Crippen LogP contribution in [0.2, 0.25) is 0 Å². The molecule has 2 heterocycles. The first-order chi connectivity index (χ1) is 14.3. The van der Waals surface area contributed by atoms with Gasteiger partial charge in [-0.15, -0.1) is 24.0 Å². The highest BCUT2D eigenvalue weighted by molar-refractivity contribution is 14.0. The molecule has 1 aliphatic rings. The molecule has 30 heavy (non-hydrogen) atoms. The highest BCUT2D eigenvalue weighted by atomic mass is 127. The molecule has 0 spiro atoms. The molecular weight excluding hydrogens is 489 g/mol. The number of aliphatic imine (C=N–C) groups is 1. The van der Waals surface area contributed by atoms with Gasteiger partial charge in [0.25, 0.3) is 0 Å². The SMILES string of the molecule is CN=C(NCCc1ccc(-n2cccn2)cc1)NCC1CCOc2ccccc21.I. The van der Waals surface area contributed by atoms with E-state index < -0.39 is 0 Å². The summed E-state index contributed by atoms with van der Waals surface area (Å²) in [4.78, 5) is 4.36. The predicted molar refractivity (Wildman–Crippen MR) is 131 cm³/mol. The lowest BCUT2D eigenvalue weighted by Crippen LogP contribution is -2.40. The quantitative estimate of drug-likeness (QED) is 0.297. The van der Waals surface area contributed by atoms with Crippen LogP contribution in [-0.4, -0.2) is 42.5 Å². The highest BCUT2D eigenvalue weighted by Crippen LogP contribution is 2.32. The number of rotatable bonds is 6. The second kappa shape index (κ2) is 11.0. The summed E-state index contributed by atoms with van der Waals surface area (Å²) in [5.41, 5.74) is 3.63. The molecule has 7 heteroatoms. The van der Waals surface area contributed by atoms with E-state index in [0.29, 0.717) is 5.92 Å². The summed E-state index contributed by atoms with van der Waals surface area (Å²) >= 11 is 0. The molecule has 0 saturated heterocycles. The van der Waals surface area contributed by atoms with Gasteiger partial charge in [-0.25, -0.2) is 4.68 Å². The number of halogens is 1. The van der Waals surface area contributed by atoms with Crippen molar-refractivity contribution in [3.05, 3.63) is 78.1 Å². The summed E-state index contributed by atoms with van der Waals surface area (Å²) in [6.45, 7) is 2.44. The van der Waals surface area contributed by atoms with Crippen LogP contribution in [0.15, 0.2) is 72.0 Å². The Morgan fingerprint density at radius 2 is 1.97 bits per heavy atom. The van der Waals surface area contributed by atoms with Gasteiger partial charge in [-0.05, 0) is 48.2 Å². The summed E-state index contributed by atoms with van der Waals surface area (Å²) in [7, 11) is 1.81. The van der Waals surface area contributed by atoms with E-state index in [1.807, 2.05) is 36.1 Å². The molecule has 0 fully saturated rings. The Labute approximate surface area is 194 Å². The summed E-state index contributed by atoms with van der Waals surface area (Å²) in [6, 6.07) is 18.7. The van der Waals surface area contributed by atoms with Crippen LogP contribution in [0.3, 0.4) is 0 Å². The van der Waals surface area contributed by atoms with Gasteiger partial charge < -0.3 is 15.4 Å². The Morgan fingerprint density at radius 1 is 1.13 bits per heavy atom. The number of benzene rings is 2. The van der Waals surface area contributed by atoms with Gasteiger partial charge in [-0.2, -0.15) is 5.10 Å². The molecule has 6 nitrogen and oxygen atoms in total. The molecule has 0 amide bonds. The topological polar surface area (TPSA) is 63.5 Å². The fourth-order valence-electron chi connectivity index (χ4n) is 3.63. The second-order valence-corrected chi connectivity index (χ2v) is 7.12. The van der Waals surface area contributed by atoms with Crippen molar-refractivity contribution in [3.8, 4) is 11.4 Å². The zero-order valence-electron chi connectivity index (χ0n) is 17.1. The van der Waals surface area contributed by atoms with Gasteiger partial charge >= 0.3 is 0 Å². The van der Waals surface area contributed by atoms with E-state index in [0.717, 1.165) is 49.9 Å². The summed E-state index contributed by atoms with van der Waals surface area (Å²) in [5.74, 6) is 2.28. The van der Waals surface area contributed by atoms with E-state index in [4.69, 9.17) is 4.74 Å². The molecule has 0 aliphatic carbocycles. The van der Waals surface area contributed by atoms with Crippen LogP contribution in [-0.2, 0) is 6.42 Å². The zero-order valence-corrected chi connectivity index (χ0v) is 19.5. The van der Waals surface area contributed by atoms with Crippen molar-refractivity contribution in [2.75, 3.05) is 26.7 Å². The van der Waals surface area contributed by atoms with Crippen molar-refractivity contribution >= 4 is 29.9 Å². The minimum atomic E-state index is 0. The molecule has 1 aromatic heterocycles. The molecule has 0 bridgehead atoms. The number of hydrogen-bond acceptors (Lipinski definition) is 3. The van der Waals surface area contributed by atoms with Crippen LogP contribution in [0.1, 0.15) is 23.5 Å². The van der Waals surface area contributed by atoms with Gasteiger partial charge in [0.05, 0.1) is 12.3 Å². The van der Waals surface area contributed by atoms with E-state index in [9.17, 15) is 0 Å². The third kappa shape index (κ3) is 5.53. The number of fused-ring (bicyclic) bond motifs is 1. The molecule has 1 unspecified atom stereocenters. The van der Waals surface area contributed by atoms with Crippen LogP contribution in [0, 0.1) is 0 Å². The first kappa shape index (κ1) is 22.1. The minimum Gasteiger partial charge on any atom is -0.493 e. The second-order valence-electron chi connectivity index (χ2n) is 7.12. The molecule has 1 atom stereocenters. The molecule has 3 aromatic rings. The lowest BCUT2D eigenvalue weighted by Gasteiger charge is -2.26. The highest BCUT2D eigenvalue weighted by Gasteiger charge is 2.20. The Kier molecular flexibility index (Phi) is 8.12. The number of hydrogen-bond donors (Lipinski definition) is 2. The number of guanidine groups is 1. The average Bonchev–Trinajstić information content (AvgIpc) is 3.31. The molecule has 0 radical (unpaired) electrons. The lowest BCUT2D eigenvalue weighted by atomic mass is 9.93. The first-order valence-corrected chi connectivity index (χ1v) is 10.1. The van der Waals surface area contributed by atoms with E-state index in [2.05, 4.69) is 57.1 Å². The van der Waals surface area contributed by atoms with E-state index in [1.165, 1.54) is 11.1 Å². The van der Waals surface area contributed by atoms with Gasteiger partial charge in [-0.1, -0.05) is 30.3 Å². The van der Waals surface area contributed by atoms with Crippen LogP contribution in [0.4, 0.5) is 0 Å². The van der Waals surface area contributed by atoms with Crippen molar-refractivity contribution in [1.82, 2.24) is 20.4 Å². The van der Waals surface area contributed by atoms with Crippen LogP contribution >= 0.6 is 24.0 Å². The van der Waals surface area contributed by atoms with Crippen molar-refractivity contribution in [2.45, 2.75) is 18.8 Å². The minimum absolute atomic E-state index is 0. The maximum Gasteiger partial charge on any atom is 0.191 e. The van der Waals surface area contributed by atoms with Crippen molar-refractivity contribution < 1.29 is 4.74 Å². The first-order valence-electron chi connectivity index (χ1n) is 10.1. The Balaban J connectivity index is 0.00000256. The number of para-hydroxylation sites is 1.